The molecule has 0 radical (unpaired) electrons. The van der Waals surface area contributed by atoms with Crippen molar-refractivity contribution in [2.75, 3.05) is 6.54 Å². The van der Waals surface area contributed by atoms with E-state index in [9.17, 15) is 0 Å². The van der Waals surface area contributed by atoms with Crippen molar-refractivity contribution in [3.8, 4) is 0 Å². The molecule has 2 aromatic rings. The Hall–Kier alpha value is -1.06. The Kier molecular flexibility index (Phi) is 3.74. The Morgan fingerprint density at radius 2 is 2.25 bits per heavy atom. The highest BCUT2D eigenvalue weighted by molar-refractivity contribution is 6.31. The van der Waals surface area contributed by atoms with Crippen molar-refractivity contribution >= 4 is 22.6 Å². The van der Waals surface area contributed by atoms with Crippen molar-refractivity contribution in [3.63, 3.8) is 0 Å². The number of nitrogens with zero attached hydrogens (tertiary/aromatic N) is 2. The molecule has 1 aromatic carbocycles. The van der Waals surface area contributed by atoms with E-state index >= 15 is 0 Å². The molecule has 0 spiro atoms. The first-order valence-electron chi connectivity index (χ1n) is 7.55. The average molecular weight is 292 g/mol. The second-order valence-electron chi connectivity index (χ2n) is 5.94. The maximum atomic E-state index is 6.16. The zero-order valence-electron chi connectivity index (χ0n) is 12.2. The maximum absolute atomic E-state index is 6.16. The lowest BCUT2D eigenvalue weighted by molar-refractivity contribution is 0.261. The fourth-order valence-corrected chi connectivity index (χ4v) is 3.38. The summed E-state index contributed by atoms with van der Waals surface area (Å²) in [6.45, 7) is 6.55. The van der Waals surface area contributed by atoms with Crippen LogP contribution < -0.4 is 5.32 Å². The van der Waals surface area contributed by atoms with Crippen LogP contribution in [0.5, 0.6) is 0 Å². The monoisotopic (exact) mass is 291 g/mol. The lowest BCUT2D eigenvalue weighted by atomic mass is 9.90. The zero-order chi connectivity index (χ0) is 14.2. The van der Waals surface area contributed by atoms with E-state index in [0.717, 1.165) is 47.8 Å². The molecule has 4 heteroatoms. The molecule has 1 atom stereocenters. The van der Waals surface area contributed by atoms with Crippen LogP contribution in [-0.4, -0.2) is 16.1 Å². The van der Waals surface area contributed by atoms with Gasteiger partial charge in [-0.2, -0.15) is 0 Å². The Bertz CT molecular complexity index is 611. The van der Waals surface area contributed by atoms with E-state index in [1.807, 2.05) is 18.2 Å². The zero-order valence-corrected chi connectivity index (χ0v) is 13.0. The molecule has 1 unspecified atom stereocenters. The van der Waals surface area contributed by atoms with Gasteiger partial charge in [-0.1, -0.05) is 18.5 Å². The number of nitrogens with one attached hydrogen (secondary N) is 1. The standard InChI is InChI=1S/C16H22ClN3/c1-3-10-20-14-11-12(17)6-7-13(14)19-15(20)16(2)8-4-5-9-18-16/h6-7,11,18H,3-5,8-10H2,1-2H3. The van der Waals surface area contributed by atoms with Crippen LogP contribution in [0.25, 0.3) is 11.0 Å². The number of fused-ring (bicyclic) bond motifs is 1. The second kappa shape index (κ2) is 5.38. The highest BCUT2D eigenvalue weighted by Crippen LogP contribution is 2.32. The van der Waals surface area contributed by atoms with Crippen molar-refractivity contribution in [1.29, 1.82) is 0 Å². The minimum Gasteiger partial charge on any atom is -0.326 e. The van der Waals surface area contributed by atoms with Gasteiger partial charge in [-0.05, 0) is 57.4 Å². The van der Waals surface area contributed by atoms with Gasteiger partial charge in [0.1, 0.15) is 5.82 Å². The van der Waals surface area contributed by atoms with Crippen LogP contribution in [0.3, 0.4) is 0 Å². The molecule has 1 fully saturated rings. The summed E-state index contributed by atoms with van der Waals surface area (Å²) < 4.78 is 2.35. The van der Waals surface area contributed by atoms with Crippen LogP contribution in [-0.2, 0) is 12.1 Å². The number of piperidine rings is 1. The molecule has 1 aliphatic rings. The molecule has 0 aliphatic carbocycles. The minimum atomic E-state index is -0.0150. The van der Waals surface area contributed by atoms with Crippen LogP contribution in [0.2, 0.25) is 5.02 Å². The van der Waals surface area contributed by atoms with E-state index in [1.54, 1.807) is 0 Å². The molecule has 0 saturated carbocycles. The lowest BCUT2D eigenvalue weighted by Crippen LogP contribution is -2.45. The fraction of sp³-hybridized carbons (Fsp3) is 0.562. The van der Waals surface area contributed by atoms with E-state index in [1.165, 1.54) is 12.8 Å². The third-order valence-corrected chi connectivity index (χ3v) is 4.50. The van der Waals surface area contributed by atoms with Gasteiger partial charge < -0.3 is 9.88 Å². The van der Waals surface area contributed by atoms with Crippen LogP contribution in [0.1, 0.15) is 45.4 Å². The summed E-state index contributed by atoms with van der Waals surface area (Å²) in [4.78, 5) is 4.91. The van der Waals surface area contributed by atoms with Gasteiger partial charge in [-0.15, -0.1) is 0 Å². The number of aromatic nitrogens is 2. The molecule has 20 heavy (non-hydrogen) atoms. The molecule has 3 nitrogen and oxygen atoms in total. The summed E-state index contributed by atoms with van der Waals surface area (Å²) >= 11 is 6.16. The van der Waals surface area contributed by atoms with Gasteiger partial charge in [0.25, 0.3) is 0 Å². The van der Waals surface area contributed by atoms with Gasteiger partial charge in [0, 0.05) is 11.6 Å². The van der Waals surface area contributed by atoms with Gasteiger partial charge in [0.05, 0.1) is 16.6 Å². The van der Waals surface area contributed by atoms with Crippen molar-refractivity contribution in [2.24, 2.45) is 0 Å². The van der Waals surface area contributed by atoms with E-state index < -0.39 is 0 Å². The topological polar surface area (TPSA) is 29.9 Å². The molecule has 2 heterocycles. The summed E-state index contributed by atoms with van der Waals surface area (Å²) in [7, 11) is 0. The summed E-state index contributed by atoms with van der Waals surface area (Å²) in [5, 5.41) is 4.45. The van der Waals surface area contributed by atoms with Crippen LogP contribution in [0, 0.1) is 0 Å². The first-order valence-corrected chi connectivity index (χ1v) is 7.93. The van der Waals surface area contributed by atoms with Crippen molar-refractivity contribution in [1.82, 2.24) is 14.9 Å². The molecule has 1 aliphatic heterocycles. The Balaban J connectivity index is 2.15. The maximum Gasteiger partial charge on any atom is 0.129 e. The molecule has 1 saturated heterocycles. The average Bonchev–Trinajstić information content (AvgIpc) is 2.79. The van der Waals surface area contributed by atoms with Crippen LogP contribution in [0.4, 0.5) is 0 Å². The fourth-order valence-electron chi connectivity index (χ4n) is 3.21. The summed E-state index contributed by atoms with van der Waals surface area (Å²) in [5.74, 6) is 1.16. The predicted octanol–water partition coefficient (Wildman–Crippen LogP) is 4.09. The predicted molar refractivity (Wildman–Crippen MR) is 84.2 cm³/mol. The number of imidazole rings is 1. The molecule has 0 amide bonds. The summed E-state index contributed by atoms with van der Waals surface area (Å²) in [6.07, 6.45) is 4.77. The number of hydrogen-bond acceptors (Lipinski definition) is 2. The SMILES string of the molecule is CCCn1c(C2(C)CCCCN2)nc2ccc(Cl)cc21. The molecular weight excluding hydrogens is 270 g/mol. The quantitative estimate of drug-likeness (QED) is 0.923. The third-order valence-electron chi connectivity index (χ3n) is 4.27. The molecule has 1 aromatic heterocycles. The molecule has 108 valence electrons. The molecule has 3 rings (SSSR count). The van der Waals surface area contributed by atoms with Gasteiger partial charge in [0.2, 0.25) is 0 Å². The number of benzene rings is 1. The Labute approximate surface area is 125 Å². The van der Waals surface area contributed by atoms with E-state index in [2.05, 4.69) is 23.7 Å². The lowest BCUT2D eigenvalue weighted by Gasteiger charge is -2.34. The highest BCUT2D eigenvalue weighted by atomic mass is 35.5. The summed E-state index contributed by atoms with van der Waals surface area (Å²) in [5.41, 5.74) is 2.19. The van der Waals surface area contributed by atoms with Crippen molar-refractivity contribution in [2.45, 2.75) is 51.6 Å². The minimum absolute atomic E-state index is 0.0150. The Morgan fingerprint density at radius 3 is 2.95 bits per heavy atom. The first kappa shape index (κ1) is 13.9. The molecular formula is C16H22ClN3. The Morgan fingerprint density at radius 1 is 1.40 bits per heavy atom. The highest BCUT2D eigenvalue weighted by Gasteiger charge is 2.33. The number of aryl methyl sites for hydroxylation is 1. The van der Waals surface area contributed by atoms with Gasteiger partial charge >= 0.3 is 0 Å². The first-order chi connectivity index (χ1) is 9.64. The van der Waals surface area contributed by atoms with E-state index in [-0.39, 0.29) is 5.54 Å². The normalized spacial score (nSPS) is 23.4. The van der Waals surface area contributed by atoms with Gasteiger partial charge in [0.15, 0.2) is 0 Å². The molecule has 1 N–H and O–H groups in total. The molecule has 0 bridgehead atoms. The van der Waals surface area contributed by atoms with E-state index in [0.29, 0.717) is 0 Å². The van der Waals surface area contributed by atoms with Crippen molar-refractivity contribution < 1.29 is 0 Å². The number of hydrogen-bond donors (Lipinski definition) is 1. The van der Waals surface area contributed by atoms with Crippen LogP contribution >= 0.6 is 11.6 Å². The smallest absolute Gasteiger partial charge is 0.129 e. The summed E-state index contributed by atoms with van der Waals surface area (Å²) in [6, 6.07) is 5.99. The number of halogens is 1. The van der Waals surface area contributed by atoms with Crippen molar-refractivity contribution in [3.05, 3.63) is 29.0 Å². The van der Waals surface area contributed by atoms with E-state index in [4.69, 9.17) is 16.6 Å². The van der Waals surface area contributed by atoms with Gasteiger partial charge in [-0.3, -0.25) is 0 Å². The second-order valence-corrected chi connectivity index (χ2v) is 6.37. The number of rotatable bonds is 3. The third kappa shape index (κ3) is 2.33. The van der Waals surface area contributed by atoms with Crippen LogP contribution in [0.15, 0.2) is 18.2 Å². The largest absolute Gasteiger partial charge is 0.326 e. The van der Waals surface area contributed by atoms with Gasteiger partial charge in [-0.25, -0.2) is 4.98 Å².